The second kappa shape index (κ2) is 5.83. The van der Waals surface area contributed by atoms with Gasteiger partial charge in [0.05, 0.1) is 19.3 Å². The van der Waals surface area contributed by atoms with E-state index in [2.05, 4.69) is 15.0 Å². The maximum atomic E-state index is 12.5. The number of methoxy groups -OCH3 is 1. The van der Waals surface area contributed by atoms with E-state index in [9.17, 15) is 4.79 Å². The molecule has 23 heavy (non-hydrogen) atoms. The fourth-order valence-corrected chi connectivity index (χ4v) is 2.50. The average molecular weight is 313 g/mol. The zero-order chi connectivity index (χ0) is 16.6. The number of ether oxygens (including phenoxy) is 1. The molecule has 120 valence electrons. The summed E-state index contributed by atoms with van der Waals surface area (Å²) in [4.78, 5) is 25.6. The number of aryl methyl sites for hydroxylation is 1. The molecule has 0 unspecified atom stereocenters. The number of nitrogens with zero attached hydrogens (tertiary/aromatic N) is 5. The summed E-state index contributed by atoms with van der Waals surface area (Å²) in [6.45, 7) is 6.29. The number of hydrogen-bond acceptors (Lipinski definition) is 5. The summed E-state index contributed by atoms with van der Waals surface area (Å²) in [6.07, 6.45) is 1.67. The van der Waals surface area contributed by atoms with Gasteiger partial charge < -0.3 is 4.74 Å². The minimum Gasteiger partial charge on any atom is -0.481 e. The Kier molecular flexibility index (Phi) is 3.85. The van der Waals surface area contributed by atoms with Crippen LogP contribution in [0.2, 0.25) is 0 Å². The number of rotatable bonds is 4. The van der Waals surface area contributed by atoms with E-state index in [1.807, 2.05) is 32.9 Å². The Labute approximate surface area is 133 Å². The average Bonchev–Trinajstić information content (AvgIpc) is 2.84. The molecule has 0 N–H and O–H groups in total. The number of hydrogen-bond donors (Lipinski definition) is 0. The van der Waals surface area contributed by atoms with Crippen LogP contribution >= 0.6 is 0 Å². The lowest BCUT2D eigenvalue weighted by molar-refractivity contribution is 0.389. The Morgan fingerprint density at radius 3 is 2.78 bits per heavy atom. The molecule has 0 atom stereocenters. The molecule has 0 aliphatic heterocycles. The third-order valence-electron chi connectivity index (χ3n) is 3.73. The number of pyridine rings is 1. The Morgan fingerprint density at radius 1 is 1.30 bits per heavy atom. The van der Waals surface area contributed by atoms with E-state index >= 15 is 0 Å². The maximum absolute atomic E-state index is 12.5. The first-order chi connectivity index (χ1) is 11.0. The van der Waals surface area contributed by atoms with Crippen LogP contribution in [0.4, 0.5) is 0 Å². The van der Waals surface area contributed by atoms with Gasteiger partial charge in [-0.15, -0.1) is 0 Å². The van der Waals surface area contributed by atoms with Gasteiger partial charge in [-0.1, -0.05) is 19.9 Å². The predicted octanol–water partition coefficient (Wildman–Crippen LogP) is 1.77. The van der Waals surface area contributed by atoms with Gasteiger partial charge in [0.25, 0.3) is 11.3 Å². The Balaban J connectivity index is 2.15. The third-order valence-corrected chi connectivity index (χ3v) is 3.73. The van der Waals surface area contributed by atoms with Crippen molar-refractivity contribution in [3.8, 4) is 5.88 Å². The van der Waals surface area contributed by atoms with Gasteiger partial charge >= 0.3 is 0 Å². The third kappa shape index (κ3) is 2.69. The molecule has 3 aromatic heterocycles. The van der Waals surface area contributed by atoms with E-state index in [1.54, 1.807) is 24.1 Å². The molecule has 0 saturated carbocycles. The molecule has 7 nitrogen and oxygen atoms in total. The van der Waals surface area contributed by atoms with E-state index in [0.29, 0.717) is 24.0 Å². The SMILES string of the molecule is COc1ncccc1Cn1c(C)nc2nc(C(C)C)cc(=O)n21. The zero-order valence-corrected chi connectivity index (χ0v) is 13.6. The van der Waals surface area contributed by atoms with Gasteiger partial charge in [0.2, 0.25) is 5.88 Å². The fraction of sp³-hybridized carbons (Fsp3) is 0.375. The van der Waals surface area contributed by atoms with Crippen LogP contribution in [0.25, 0.3) is 5.78 Å². The molecule has 0 fully saturated rings. The van der Waals surface area contributed by atoms with E-state index in [0.717, 1.165) is 11.3 Å². The summed E-state index contributed by atoms with van der Waals surface area (Å²) < 4.78 is 8.56. The largest absolute Gasteiger partial charge is 0.481 e. The molecule has 0 bridgehead atoms. The molecule has 3 aromatic rings. The van der Waals surface area contributed by atoms with Crippen molar-refractivity contribution in [3.63, 3.8) is 0 Å². The molecule has 0 aliphatic rings. The minimum absolute atomic E-state index is 0.137. The molecule has 0 radical (unpaired) electrons. The molecule has 0 spiro atoms. The predicted molar refractivity (Wildman–Crippen MR) is 86.0 cm³/mol. The summed E-state index contributed by atoms with van der Waals surface area (Å²) in [5.74, 6) is 1.84. The smallest absolute Gasteiger partial charge is 0.274 e. The highest BCUT2D eigenvalue weighted by Crippen LogP contribution is 2.17. The lowest BCUT2D eigenvalue weighted by atomic mass is 10.1. The topological polar surface area (TPSA) is 74.3 Å². The standard InChI is InChI=1S/C16H19N5O2/c1-10(2)13-8-14(22)21-16(19-13)18-11(3)20(21)9-12-6-5-7-17-15(12)23-4/h5-8,10H,9H2,1-4H3. The van der Waals surface area contributed by atoms with Crippen LogP contribution in [-0.4, -0.2) is 31.3 Å². The van der Waals surface area contributed by atoms with E-state index < -0.39 is 0 Å². The van der Waals surface area contributed by atoms with Crippen LogP contribution in [0.1, 0.15) is 36.8 Å². The second-order valence-electron chi connectivity index (χ2n) is 5.67. The van der Waals surface area contributed by atoms with E-state index in [4.69, 9.17) is 4.74 Å². The lowest BCUT2D eigenvalue weighted by Gasteiger charge is -2.10. The summed E-state index contributed by atoms with van der Waals surface area (Å²) in [6, 6.07) is 5.32. The molecule has 0 aliphatic carbocycles. The zero-order valence-electron chi connectivity index (χ0n) is 13.6. The summed E-state index contributed by atoms with van der Waals surface area (Å²) in [5.41, 5.74) is 1.48. The van der Waals surface area contributed by atoms with Crippen LogP contribution < -0.4 is 10.3 Å². The van der Waals surface area contributed by atoms with Gasteiger partial charge in [0, 0.05) is 17.8 Å². The van der Waals surface area contributed by atoms with Gasteiger partial charge in [0.15, 0.2) is 0 Å². The summed E-state index contributed by atoms with van der Waals surface area (Å²) in [5, 5.41) is 0. The van der Waals surface area contributed by atoms with Crippen LogP contribution in [-0.2, 0) is 6.54 Å². The van der Waals surface area contributed by atoms with Crippen LogP contribution in [0, 0.1) is 6.92 Å². The molecule has 0 amide bonds. The molecule has 0 saturated heterocycles. The van der Waals surface area contributed by atoms with Crippen LogP contribution in [0.5, 0.6) is 5.88 Å². The monoisotopic (exact) mass is 313 g/mol. The van der Waals surface area contributed by atoms with Crippen LogP contribution in [0.3, 0.4) is 0 Å². The van der Waals surface area contributed by atoms with Crippen molar-refractivity contribution in [2.45, 2.75) is 33.2 Å². The van der Waals surface area contributed by atoms with Crippen molar-refractivity contribution in [1.29, 1.82) is 0 Å². The van der Waals surface area contributed by atoms with Gasteiger partial charge in [0.1, 0.15) is 5.82 Å². The number of aromatic nitrogens is 5. The van der Waals surface area contributed by atoms with Gasteiger partial charge in [-0.3, -0.25) is 9.48 Å². The Morgan fingerprint density at radius 2 is 2.09 bits per heavy atom. The normalized spacial score (nSPS) is 11.3. The van der Waals surface area contributed by atoms with Gasteiger partial charge in [-0.25, -0.2) is 9.97 Å². The molecule has 3 rings (SSSR count). The lowest BCUT2D eigenvalue weighted by Crippen LogP contribution is -2.23. The molecule has 0 aromatic carbocycles. The van der Waals surface area contributed by atoms with E-state index in [1.165, 1.54) is 4.52 Å². The molecule has 3 heterocycles. The fourth-order valence-electron chi connectivity index (χ4n) is 2.50. The molecule has 7 heteroatoms. The first kappa shape index (κ1) is 15.2. The van der Waals surface area contributed by atoms with Crippen LogP contribution in [0.15, 0.2) is 29.2 Å². The van der Waals surface area contributed by atoms with Crippen molar-refractivity contribution in [2.24, 2.45) is 0 Å². The Hall–Kier alpha value is -2.70. The van der Waals surface area contributed by atoms with Crippen molar-refractivity contribution in [1.82, 2.24) is 24.1 Å². The summed E-state index contributed by atoms with van der Waals surface area (Å²) >= 11 is 0. The maximum Gasteiger partial charge on any atom is 0.274 e. The molecular weight excluding hydrogens is 294 g/mol. The van der Waals surface area contributed by atoms with Gasteiger partial charge in [-0.05, 0) is 18.9 Å². The minimum atomic E-state index is -0.137. The second-order valence-corrected chi connectivity index (χ2v) is 5.67. The highest BCUT2D eigenvalue weighted by Gasteiger charge is 2.15. The van der Waals surface area contributed by atoms with Crippen molar-refractivity contribution in [3.05, 3.63) is 51.8 Å². The van der Waals surface area contributed by atoms with Crippen molar-refractivity contribution < 1.29 is 4.74 Å². The number of fused-ring (bicyclic) bond motifs is 1. The van der Waals surface area contributed by atoms with E-state index in [-0.39, 0.29) is 11.5 Å². The van der Waals surface area contributed by atoms with Crippen molar-refractivity contribution in [2.75, 3.05) is 7.11 Å². The Bertz CT molecular complexity index is 910. The highest BCUT2D eigenvalue weighted by atomic mass is 16.5. The van der Waals surface area contributed by atoms with Crippen molar-refractivity contribution >= 4 is 5.78 Å². The van der Waals surface area contributed by atoms with Gasteiger partial charge in [-0.2, -0.15) is 9.50 Å². The quantitative estimate of drug-likeness (QED) is 0.734. The summed E-state index contributed by atoms with van der Waals surface area (Å²) in [7, 11) is 1.58. The highest BCUT2D eigenvalue weighted by molar-refractivity contribution is 5.31. The first-order valence-electron chi connectivity index (χ1n) is 7.46. The molecular formula is C16H19N5O2. The first-order valence-corrected chi connectivity index (χ1v) is 7.46.